The molecule has 10 N–H and O–H groups in total. The molecule has 0 aromatic heterocycles. The maximum absolute atomic E-state index is 14.1. The summed E-state index contributed by atoms with van der Waals surface area (Å²) in [7, 11) is 0. The summed E-state index contributed by atoms with van der Waals surface area (Å²) in [6.07, 6.45) is 5.65. The Morgan fingerprint density at radius 2 is 1.90 bits per heavy atom. The minimum atomic E-state index is -2.92. The monoisotopic (exact) mass is 820 g/mol. The molecular formula is C40H60N4O14. The summed E-state index contributed by atoms with van der Waals surface area (Å²) in [5.74, 6) is -6.74. The number of carbonyl (C=O) groups excluding carboxylic acids is 1. The molecule has 2 saturated carbocycles. The van der Waals surface area contributed by atoms with Gasteiger partial charge in [-0.15, -0.1) is 6.58 Å². The average molecular weight is 821 g/mol. The molecule has 1 saturated heterocycles. The van der Waals surface area contributed by atoms with Crippen molar-refractivity contribution >= 4 is 17.9 Å². The number of β-amino-alcohol motifs (C(OH)–C–C–N with tert-alkyl or cyclic N) is 1. The molecular weight excluding hydrogens is 760 g/mol. The summed E-state index contributed by atoms with van der Waals surface area (Å²) in [5, 5.41) is 74.6. The number of aliphatic imine (C=N–C) groups is 1. The molecule has 5 aliphatic rings. The Bertz CT molecular complexity index is 1620. The molecule has 18 heteroatoms. The van der Waals surface area contributed by atoms with Gasteiger partial charge in [-0.25, -0.2) is 9.59 Å². The van der Waals surface area contributed by atoms with Gasteiger partial charge in [-0.3, -0.25) is 4.99 Å². The Morgan fingerprint density at radius 1 is 1.16 bits per heavy atom. The van der Waals surface area contributed by atoms with Crippen LogP contribution in [0.25, 0.3) is 0 Å². The Balaban J connectivity index is 1.53. The second-order valence-corrected chi connectivity index (χ2v) is 15.9. The molecule has 58 heavy (non-hydrogen) atoms. The van der Waals surface area contributed by atoms with Crippen molar-refractivity contribution in [3.05, 3.63) is 59.7 Å². The smallest absolute Gasteiger partial charge is 0.339 e. The highest BCUT2D eigenvalue weighted by Crippen LogP contribution is 2.51. The summed E-state index contributed by atoms with van der Waals surface area (Å²) < 4.78 is 29.9. The Morgan fingerprint density at radius 3 is 2.53 bits per heavy atom. The van der Waals surface area contributed by atoms with Gasteiger partial charge in [-0.2, -0.15) is 0 Å². The first-order chi connectivity index (χ1) is 27.7. The van der Waals surface area contributed by atoms with Crippen LogP contribution in [-0.4, -0.2) is 147 Å². The van der Waals surface area contributed by atoms with E-state index in [0.717, 1.165) is 44.9 Å². The number of guanidine groups is 1. The van der Waals surface area contributed by atoms with Crippen LogP contribution in [0.3, 0.4) is 0 Å². The van der Waals surface area contributed by atoms with Crippen molar-refractivity contribution in [3.8, 4) is 0 Å². The zero-order chi connectivity index (χ0) is 42.2. The molecule has 5 rings (SSSR count). The fourth-order valence-corrected chi connectivity index (χ4v) is 8.47. The van der Waals surface area contributed by atoms with Gasteiger partial charge in [0.2, 0.25) is 12.1 Å². The van der Waals surface area contributed by atoms with E-state index in [1.54, 1.807) is 30.9 Å². The molecule has 0 bridgehead atoms. The van der Waals surface area contributed by atoms with E-state index in [0.29, 0.717) is 12.0 Å². The van der Waals surface area contributed by atoms with Crippen molar-refractivity contribution in [1.29, 1.82) is 0 Å². The number of aliphatic carboxylic acids is 1. The highest BCUT2D eigenvalue weighted by atomic mass is 16.8. The third-order valence-corrected chi connectivity index (χ3v) is 11.4. The molecule has 18 nitrogen and oxygen atoms in total. The molecule has 3 fully saturated rings. The highest BCUT2D eigenvalue weighted by Gasteiger charge is 2.57. The van der Waals surface area contributed by atoms with Gasteiger partial charge >= 0.3 is 11.9 Å². The predicted octanol–water partition coefficient (Wildman–Crippen LogP) is 0.244. The van der Waals surface area contributed by atoms with E-state index in [-0.39, 0.29) is 67.2 Å². The second kappa shape index (κ2) is 19.9. The Labute approximate surface area is 337 Å². The predicted molar refractivity (Wildman–Crippen MR) is 207 cm³/mol. The molecule has 2 aliphatic carbocycles. The largest absolute Gasteiger partial charge is 0.478 e. The van der Waals surface area contributed by atoms with Crippen LogP contribution in [0, 0.1) is 17.3 Å². The minimum Gasteiger partial charge on any atom is -0.478 e. The zero-order valence-corrected chi connectivity index (χ0v) is 33.1. The normalized spacial score (nSPS) is 31.1. The first kappa shape index (κ1) is 45.2. The lowest BCUT2D eigenvalue weighted by Crippen LogP contribution is -2.69. The van der Waals surface area contributed by atoms with Crippen LogP contribution in [0.4, 0.5) is 0 Å². The number of nitrogens with zero attached hydrogens (tertiary/aromatic N) is 2. The topological polar surface area (TPSA) is 276 Å². The van der Waals surface area contributed by atoms with Crippen molar-refractivity contribution in [3.63, 3.8) is 0 Å². The van der Waals surface area contributed by atoms with Crippen molar-refractivity contribution in [2.75, 3.05) is 39.5 Å². The molecule has 8 atom stereocenters. The van der Waals surface area contributed by atoms with Crippen LogP contribution >= 0.6 is 0 Å². The first-order valence-corrected chi connectivity index (χ1v) is 20.0. The molecule has 0 aromatic carbocycles. The van der Waals surface area contributed by atoms with E-state index in [1.165, 1.54) is 18.5 Å². The summed E-state index contributed by atoms with van der Waals surface area (Å²) >= 11 is 0. The maximum atomic E-state index is 14.1. The van der Waals surface area contributed by atoms with Crippen LogP contribution in [0.1, 0.15) is 65.2 Å². The van der Waals surface area contributed by atoms with Gasteiger partial charge < -0.3 is 75.4 Å². The summed E-state index contributed by atoms with van der Waals surface area (Å²) in [6, 6.07) is 0. The summed E-state index contributed by atoms with van der Waals surface area (Å²) in [4.78, 5) is 32.5. The number of nitrogens with two attached hydrogens (primary N) is 1. The summed E-state index contributed by atoms with van der Waals surface area (Å²) in [5.41, 5.74) is 6.76. The number of carboxylic acids is 1. The van der Waals surface area contributed by atoms with Crippen LogP contribution in [-0.2, 0) is 33.3 Å². The number of nitrogens with one attached hydrogen (secondary N) is 1. The molecule has 0 amide bonds. The van der Waals surface area contributed by atoms with Gasteiger partial charge in [-0.05, 0) is 63.4 Å². The number of allylic oxidation sites excluding steroid dienone is 1. The minimum absolute atomic E-state index is 0.0952. The third kappa shape index (κ3) is 10.5. The van der Waals surface area contributed by atoms with E-state index in [2.05, 4.69) is 16.9 Å². The van der Waals surface area contributed by atoms with Crippen LogP contribution in [0.5, 0.6) is 0 Å². The number of esters is 1. The number of carbonyl (C=O) groups is 2. The van der Waals surface area contributed by atoms with Crippen molar-refractivity contribution < 1.29 is 69.0 Å². The second-order valence-electron chi connectivity index (χ2n) is 15.9. The molecule has 3 aliphatic heterocycles. The van der Waals surface area contributed by atoms with Gasteiger partial charge in [0, 0.05) is 38.4 Å². The van der Waals surface area contributed by atoms with Crippen LogP contribution in [0.15, 0.2) is 64.7 Å². The van der Waals surface area contributed by atoms with Gasteiger partial charge in [0.05, 0.1) is 48.3 Å². The molecule has 0 aromatic rings. The fraction of sp³-hybridized carbons (Fsp3) is 0.675. The van der Waals surface area contributed by atoms with Crippen molar-refractivity contribution in [2.45, 2.75) is 114 Å². The van der Waals surface area contributed by atoms with Gasteiger partial charge in [0.25, 0.3) is 0 Å². The van der Waals surface area contributed by atoms with Gasteiger partial charge in [-0.1, -0.05) is 31.1 Å². The first-order valence-electron chi connectivity index (χ1n) is 20.0. The van der Waals surface area contributed by atoms with E-state index < -0.39 is 73.2 Å². The molecule has 0 radical (unpaired) electrons. The molecule has 8 unspecified atom stereocenters. The Kier molecular flexibility index (Phi) is 15.5. The number of hydrogen-bond acceptors (Lipinski definition) is 15. The number of rotatable bonds is 17. The summed E-state index contributed by atoms with van der Waals surface area (Å²) in [6.45, 7) is 6.47. The third-order valence-electron chi connectivity index (χ3n) is 11.4. The molecule has 3 heterocycles. The maximum Gasteiger partial charge on any atom is 0.339 e. The van der Waals surface area contributed by atoms with E-state index >= 15 is 0 Å². The highest BCUT2D eigenvalue weighted by molar-refractivity contribution is 5.95. The van der Waals surface area contributed by atoms with Crippen LogP contribution < -0.4 is 11.1 Å². The van der Waals surface area contributed by atoms with E-state index in [9.17, 15) is 45.3 Å². The number of aliphatic hydroxyl groups is 6. The standard InChI is InChI=1S/C40H60N4O14/c1-4-26-27(9-8-24-19-44(15-17-46)20-28(34(49)50)31(24)43-38(41)42-14-7-16-45)29(35(51)56-25-10-13-39(18-25)11-5-6-12-39)22-54-36(26)58-37-33(55-23(2)3)40(52,53)32(48)30(21-47)57-37/h4,8-9,20,22-23,25-27,30,32-33,36-37,45-48,52-53H,1,5-7,10-19,21H2,2-3H3,(H,49,50)(H3,41,42,43). The van der Waals surface area contributed by atoms with Crippen molar-refractivity contribution in [2.24, 2.45) is 28.0 Å². The average Bonchev–Trinajstić information content (AvgIpc) is 3.82. The molecule has 324 valence electrons. The number of aliphatic hydroxyl groups excluding tert-OH is 4. The van der Waals surface area contributed by atoms with Crippen LogP contribution in [0.2, 0.25) is 0 Å². The quantitative estimate of drug-likeness (QED) is 0.0237. The van der Waals surface area contributed by atoms with Gasteiger partial charge in [0.15, 0.2) is 18.4 Å². The lowest BCUT2D eigenvalue weighted by Gasteiger charge is -2.48. The number of carboxylic acid groups (broad SMARTS) is 1. The Hall–Kier alpha value is -3.85. The molecule has 1 spiro atoms. The lowest BCUT2D eigenvalue weighted by atomic mass is 9.83. The van der Waals surface area contributed by atoms with Gasteiger partial charge in [0.1, 0.15) is 18.3 Å². The SMILES string of the molecule is C=CC1C(OC2OC(CO)C(O)C(O)(O)C2OC(C)C)OC=C(C(=O)OC2CCC3(CCCC3)C2)C1C=CC1=C(NC(N)=NCCCO)C(C(=O)O)=CN(CCO)C1. The fourth-order valence-electron chi connectivity index (χ4n) is 8.47. The van der Waals surface area contributed by atoms with E-state index in [4.69, 9.17) is 29.4 Å². The lowest BCUT2D eigenvalue weighted by molar-refractivity contribution is -0.413. The van der Waals surface area contributed by atoms with Crippen molar-refractivity contribution in [1.82, 2.24) is 10.2 Å². The van der Waals surface area contributed by atoms with E-state index in [1.807, 2.05) is 0 Å². The zero-order valence-electron chi connectivity index (χ0n) is 33.1. The number of hydrogen-bond donors (Lipinski definition) is 9. The number of ether oxygens (including phenoxy) is 5.